The summed E-state index contributed by atoms with van der Waals surface area (Å²) in [7, 11) is 1.55. The highest BCUT2D eigenvalue weighted by atomic mass is 35.5. The maximum atomic E-state index is 11.8. The van der Waals surface area contributed by atoms with E-state index in [4.69, 9.17) is 10.5 Å². The second-order valence-electron chi connectivity index (χ2n) is 4.39. The van der Waals surface area contributed by atoms with E-state index in [9.17, 15) is 4.79 Å². The lowest BCUT2D eigenvalue weighted by atomic mass is 10.1. The number of anilines is 1. The molecule has 1 heterocycles. The molecule has 0 fully saturated rings. The second-order valence-corrected chi connectivity index (χ2v) is 4.39. The number of hydrogen-bond donors (Lipinski definition) is 3. The molecule has 114 valence electrons. The van der Waals surface area contributed by atoms with Crippen LogP contribution < -0.4 is 11.1 Å². The molecule has 0 bridgehead atoms. The zero-order valence-electron chi connectivity index (χ0n) is 11.7. The van der Waals surface area contributed by atoms with Crippen molar-refractivity contribution in [1.82, 2.24) is 10.2 Å². The van der Waals surface area contributed by atoms with Gasteiger partial charge in [0.2, 0.25) is 5.91 Å². The fourth-order valence-electron chi connectivity index (χ4n) is 1.83. The van der Waals surface area contributed by atoms with E-state index >= 15 is 0 Å². The number of aromatic nitrogens is 2. The number of ether oxygens (including phenoxy) is 1. The van der Waals surface area contributed by atoms with Crippen molar-refractivity contribution < 1.29 is 9.53 Å². The molecule has 0 aliphatic heterocycles. The van der Waals surface area contributed by atoms with E-state index < -0.39 is 0 Å². The number of benzene rings is 1. The number of halogens is 1. The molecule has 0 saturated carbocycles. The van der Waals surface area contributed by atoms with Crippen LogP contribution in [0.2, 0.25) is 0 Å². The molecule has 6 nitrogen and oxygen atoms in total. The van der Waals surface area contributed by atoms with Gasteiger partial charge >= 0.3 is 0 Å². The van der Waals surface area contributed by atoms with Crippen LogP contribution in [0.1, 0.15) is 6.42 Å². The van der Waals surface area contributed by atoms with Crippen molar-refractivity contribution in [3.05, 3.63) is 36.5 Å². The number of methoxy groups -OCH3 is 1. The molecular formula is C14H19ClN4O2. The third kappa shape index (κ3) is 4.86. The molecule has 21 heavy (non-hydrogen) atoms. The number of aromatic amines is 1. The number of nitrogens with one attached hydrogen (secondary N) is 2. The van der Waals surface area contributed by atoms with Crippen LogP contribution in [0.15, 0.2) is 36.5 Å². The van der Waals surface area contributed by atoms with Crippen LogP contribution in [0.5, 0.6) is 0 Å². The van der Waals surface area contributed by atoms with Gasteiger partial charge in [-0.15, -0.1) is 12.4 Å². The molecule has 1 atom stereocenters. The van der Waals surface area contributed by atoms with Crippen LogP contribution in [0, 0.1) is 0 Å². The first-order chi connectivity index (χ1) is 9.72. The summed E-state index contributed by atoms with van der Waals surface area (Å²) in [5.74, 6) is -0.114. The van der Waals surface area contributed by atoms with Crippen molar-refractivity contribution in [2.45, 2.75) is 12.5 Å². The molecule has 2 rings (SSSR count). The van der Waals surface area contributed by atoms with Gasteiger partial charge in [0.1, 0.15) is 0 Å². The summed E-state index contributed by atoms with van der Waals surface area (Å²) in [5, 5.41) is 9.60. The molecule has 0 aliphatic rings. The van der Waals surface area contributed by atoms with E-state index in [2.05, 4.69) is 15.5 Å². The smallest absolute Gasteiger partial charge is 0.227 e. The Hall–Kier alpha value is -1.89. The SMILES string of the molecule is COC(CN)CC(=O)Nc1ccc(-c2ccn[nH]2)cc1.Cl. The first kappa shape index (κ1) is 17.2. The molecule has 1 amide bonds. The molecule has 0 spiro atoms. The lowest BCUT2D eigenvalue weighted by Crippen LogP contribution is -2.28. The predicted octanol–water partition coefficient (Wildman–Crippen LogP) is 1.80. The number of nitrogens with two attached hydrogens (primary N) is 1. The Bertz CT molecular complexity index is 539. The average molecular weight is 311 g/mol. The van der Waals surface area contributed by atoms with E-state index in [1.807, 2.05) is 30.3 Å². The van der Waals surface area contributed by atoms with Crippen LogP contribution in [-0.2, 0) is 9.53 Å². The molecule has 0 saturated heterocycles. The maximum absolute atomic E-state index is 11.8. The Labute approximate surface area is 129 Å². The van der Waals surface area contributed by atoms with E-state index in [1.165, 1.54) is 0 Å². The molecule has 4 N–H and O–H groups in total. The van der Waals surface area contributed by atoms with Crippen LogP contribution in [-0.4, -0.2) is 35.9 Å². The number of amides is 1. The third-order valence-corrected chi connectivity index (χ3v) is 2.99. The lowest BCUT2D eigenvalue weighted by Gasteiger charge is -2.12. The molecule has 1 aromatic heterocycles. The summed E-state index contributed by atoms with van der Waals surface area (Å²) >= 11 is 0. The Balaban J connectivity index is 0.00000220. The molecule has 0 aliphatic carbocycles. The number of nitrogens with zero attached hydrogens (tertiary/aromatic N) is 1. The highest BCUT2D eigenvalue weighted by Gasteiger charge is 2.11. The van der Waals surface area contributed by atoms with Gasteiger partial charge in [0, 0.05) is 25.5 Å². The molecule has 7 heteroatoms. The van der Waals surface area contributed by atoms with Crippen molar-refractivity contribution in [2.24, 2.45) is 5.73 Å². The van der Waals surface area contributed by atoms with Crippen molar-refractivity contribution >= 4 is 24.0 Å². The number of rotatable bonds is 6. The summed E-state index contributed by atoms with van der Waals surface area (Å²) in [4.78, 5) is 11.8. The first-order valence-corrected chi connectivity index (χ1v) is 6.35. The number of H-pyrrole nitrogens is 1. The summed E-state index contributed by atoms with van der Waals surface area (Å²) in [6.07, 6.45) is 1.69. The predicted molar refractivity (Wildman–Crippen MR) is 84.4 cm³/mol. The topological polar surface area (TPSA) is 93.0 Å². The average Bonchev–Trinajstić information content (AvgIpc) is 2.99. The number of carbonyl (C=O) groups is 1. The van der Waals surface area contributed by atoms with E-state index in [1.54, 1.807) is 13.3 Å². The summed E-state index contributed by atoms with van der Waals surface area (Å²) < 4.78 is 5.08. The molecule has 1 unspecified atom stereocenters. The van der Waals surface area contributed by atoms with Crippen LogP contribution in [0.3, 0.4) is 0 Å². The van der Waals surface area contributed by atoms with E-state index in [-0.39, 0.29) is 30.8 Å². The molecule has 2 aromatic rings. The Morgan fingerprint density at radius 2 is 2.10 bits per heavy atom. The Morgan fingerprint density at radius 3 is 2.62 bits per heavy atom. The fraction of sp³-hybridized carbons (Fsp3) is 0.286. The zero-order chi connectivity index (χ0) is 14.4. The summed E-state index contributed by atoms with van der Waals surface area (Å²) in [6.45, 7) is 0.322. The van der Waals surface area contributed by atoms with Crippen molar-refractivity contribution in [3.8, 4) is 11.3 Å². The van der Waals surface area contributed by atoms with Crippen molar-refractivity contribution in [1.29, 1.82) is 0 Å². The second kappa shape index (κ2) is 8.41. The van der Waals surface area contributed by atoms with E-state index in [0.717, 1.165) is 16.9 Å². The van der Waals surface area contributed by atoms with Crippen LogP contribution >= 0.6 is 12.4 Å². The van der Waals surface area contributed by atoms with Gasteiger partial charge in [0.25, 0.3) is 0 Å². The number of hydrogen-bond acceptors (Lipinski definition) is 4. The molecule has 0 radical (unpaired) electrons. The van der Waals surface area contributed by atoms with Gasteiger partial charge in [-0.1, -0.05) is 12.1 Å². The quantitative estimate of drug-likeness (QED) is 0.758. The highest BCUT2D eigenvalue weighted by Crippen LogP contribution is 2.19. The van der Waals surface area contributed by atoms with Crippen molar-refractivity contribution in [2.75, 3.05) is 19.0 Å². The van der Waals surface area contributed by atoms with Gasteiger partial charge in [0.15, 0.2) is 0 Å². The normalized spacial score (nSPS) is 11.5. The van der Waals surface area contributed by atoms with Gasteiger partial charge in [-0.05, 0) is 23.8 Å². The fourth-order valence-corrected chi connectivity index (χ4v) is 1.83. The lowest BCUT2D eigenvalue weighted by molar-refractivity contribution is -0.118. The van der Waals surface area contributed by atoms with Crippen LogP contribution in [0.25, 0.3) is 11.3 Å². The summed E-state index contributed by atoms with van der Waals surface area (Å²) in [6, 6.07) is 9.41. The van der Waals surface area contributed by atoms with Crippen molar-refractivity contribution in [3.63, 3.8) is 0 Å². The van der Waals surface area contributed by atoms with Gasteiger partial charge in [-0.25, -0.2) is 0 Å². The number of carbonyl (C=O) groups excluding carboxylic acids is 1. The minimum absolute atomic E-state index is 0. The standard InChI is InChI=1S/C14H18N4O2.ClH/c1-20-12(9-15)8-14(19)17-11-4-2-10(3-5-11)13-6-7-16-18-13;/h2-7,12H,8-9,15H2,1H3,(H,16,18)(H,17,19);1H. The largest absolute Gasteiger partial charge is 0.380 e. The monoisotopic (exact) mass is 310 g/mol. The molecular weight excluding hydrogens is 292 g/mol. The minimum atomic E-state index is -0.251. The van der Waals surface area contributed by atoms with Gasteiger partial charge in [-0.3, -0.25) is 9.89 Å². The highest BCUT2D eigenvalue weighted by molar-refractivity contribution is 5.91. The molecule has 1 aromatic carbocycles. The minimum Gasteiger partial charge on any atom is -0.380 e. The van der Waals surface area contributed by atoms with Gasteiger partial charge < -0.3 is 15.8 Å². The van der Waals surface area contributed by atoms with E-state index in [0.29, 0.717) is 6.54 Å². The maximum Gasteiger partial charge on any atom is 0.227 e. The zero-order valence-corrected chi connectivity index (χ0v) is 12.5. The Morgan fingerprint density at radius 1 is 1.38 bits per heavy atom. The summed E-state index contributed by atoms with van der Waals surface area (Å²) in [5.41, 5.74) is 8.17. The van der Waals surface area contributed by atoms with Gasteiger partial charge in [-0.2, -0.15) is 5.10 Å². The van der Waals surface area contributed by atoms with Gasteiger partial charge in [0.05, 0.1) is 18.2 Å². The third-order valence-electron chi connectivity index (χ3n) is 2.99. The van der Waals surface area contributed by atoms with Crippen LogP contribution in [0.4, 0.5) is 5.69 Å². The Kier molecular flexibility index (Phi) is 6.87. The first-order valence-electron chi connectivity index (χ1n) is 6.35.